The summed E-state index contributed by atoms with van der Waals surface area (Å²) in [5, 5.41) is 6.17. The maximum atomic E-state index is 12.0. The van der Waals surface area contributed by atoms with Crippen molar-refractivity contribution in [3.05, 3.63) is 4.88 Å². The largest absolute Gasteiger partial charge is 0.382 e. The summed E-state index contributed by atoms with van der Waals surface area (Å²) in [4.78, 5) is 30.2. The minimum Gasteiger partial charge on any atom is -0.382 e. The molecule has 1 aliphatic rings. The van der Waals surface area contributed by atoms with E-state index >= 15 is 0 Å². The predicted molar refractivity (Wildman–Crippen MR) is 83.5 cm³/mol. The predicted octanol–water partition coefficient (Wildman–Crippen LogP) is 0.899. The van der Waals surface area contributed by atoms with Crippen molar-refractivity contribution in [2.45, 2.75) is 25.7 Å². The molecular formula is C13H21N5O2S. The van der Waals surface area contributed by atoms with Crippen molar-refractivity contribution in [2.24, 2.45) is 0 Å². The van der Waals surface area contributed by atoms with E-state index in [1.165, 1.54) is 17.8 Å². The van der Waals surface area contributed by atoms with Gasteiger partial charge in [-0.05, 0) is 19.3 Å². The summed E-state index contributed by atoms with van der Waals surface area (Å²) in [6.07, 6.45) is 3.66. The van der Waals surface area contributed by atoms with Crippen molar-refractivity contribution >= 4 is 34.1 Å². The SMILES string of the molecule is CNc1nc(N)c(C(=O)NCCC(=O)N2CCCCC2)s1. The van der Waals surface area contributed by atoms with E-state index in [4.69, 9.17) is 5.73 Å². The molecule has 116 valence electrons. The Morgan fingerprint density at radius 2 is 2.05 bits per heavy atom. The number of anilines is 2. The third kappa shape index (κ3) is 4.07. The summed E-state index contributed by atoms with van der Waals surface area (Å²) in [5.41, 5.74) is 5.69. The lowest BCUT2D eigenvalue weighted by Crippen LogP contribution is -2.37. The van der Waals surface area contributed by atoms with Gasteiger partial charge in [-0.15, -0.1) is 0 Å². The van der Waals surface area contributed by atoms with Crippen LogP contribution in [0, 0.1) is 0 Å². The number of nitrogens with zero attached hydrogens (tertiary/aromatic N) is 2. The lowest BCUT2D eigenvalue weighted by molar-refractivity contribution is -0.131. The highest BCUT2D eigenvalue weighted by molar-refractivity contribution is 7.18. The smallest absolute Gasteiger partial charge is 0.265 e. The number of hydrogen-bond acceptors (Lipinski definition) is 6. The van der Waals surface area contributed by atoms with Crippen molar-refractivity contribution in [2.75, 3.05) is 37.7 Å². The van der Waals surface area contributed by atoms with Gasteiger partial charge in [0.2, 0.25) is 5.91 Å². The summed E-state index contributed by atoms with van der Waals surface area (Å²) in [6.45, 7) is 1.99. The zero-order chi connectivity index (χ0) is 15.2. The first-order chi connectivity index (χ1) is 10.1. The molecule has 0 atom stereocenters. The second-order valence-corrected chi connectivity index (χ2v) is 5.93. The second kappa shape index (κ2) is 7.26. The highest BCUT2D eigenvalue weighted by atomic mass is 32.1. The molecule has 21 heavy (non-hydrogen) atoms. The van der Waals surface area contributed by atoms with Crippen molar-refractivity contribution in [3.8, 4) is 0 Å². The van der Waals surface area contributed by atoms with Gasteiger partial charge in [0.15, 0.2) is 5.13 Å². The highest BCUT2D eigenvalue weighted by Crippen LogP contribution is 2.24. The molecule has 1 aromatic rings. The standard InChI is InChI=1S/C13H21N5O2S/c1-15-13-17-11(14)10(21-13)12(20)16-6-5-9(19)18-7-3-2-4-8-18/h2-8,14H2,1H3,(H,15,17)(H,16,20). The minimum absolute atomic E-state index is 0.100. The summed E-state index contributed by atoms with van der Waals surface area (Å²) in [5.74, 6) is 0.0327. The van der Waals surface area contributed by atoms with Crippen molar-refractivity contribution < 1.29 is 9.59 Å². The Morgan fingerprint density at radius 3 is 2.67 bits per heavy atom. The first-order valence-corrected chi connectivity index (χ1v) is 7.93. The zero-order valence-electron chi connectivity index (χ0n) is 12.1. The van der Waals surface area contributed by atoms with Crippen LogP contribution in [-0.2, 0) is 4.79 Å². The number of nitrogen functional groups attached to an aromatic ring is 1. The Kier molecular flexibility index (Phi) is 5.38. The van der Waals surface area contributed by atoms with Gasteiger partial charge in [0, 0.05) is 33.1 Å². The topological polar surface area (TPSA) is 100 Å². The number of thiazole rings is 1. The molecule has 4 N–H and O–H groups in total. The number of nitrogens with two attached hydrogens (primary N) is 1. The molecule has 1 aliphatic heterocycles. The van der Waals surface area contributed by atoms with Gasteiger partial charge in [-0.2, -0.15) is 0 Å². The van der Waals surface area contributed by atoms with Gasteiger partial charge in [0.1, 0.15) is 10.7 Å². The monoisotopic (exact) mass is 311 g/mol. The van der Waals surface area contributed by atoms with E-state index in [2.05, 4.69) is 15.6 Å². The summed E-state index contributed by atoms with van der Waals surface area (Å²) in [6, 6.07) is 0. The van der Waals surface area contributed by atoms with Crippen LogP contribution in [0.25, 0.3) is 0 Å². The number of aromatic nitrogens is 1. The minimum atomic E-state index is -0.280. The number of likely N-dealkylation sites (tertiary alicyclic amines) is 1. The molecule has 0 unspecified atom stereocenters. The fraction of sp³-hybridized carbons (Fsp3) is 0.615. The first-order valence-electron chi connectivity index (χ1n) is 7.12. The first kappa shape index (κ1) is 15.6. The number of nitrogens with one attached hydrogen (secondary N) is 2. The van der Waals surface area contributed by atoms with Gasteiger partial charge >= 0.3 is 0 Å². The van der Waals surface area contributed by atoms with E-state index in [1.807, 2.05) is 4.90 Å². The Morgan fingerprint density at radius 1 is 1.33 bits per heavy atom. The maximum absolute atomic E-state index is 12.0. The normalized spacial score (nSPS) is 14.8. The van der Waals surface area contributed by atoms with E-state index in [1.54, 1.807) is 7.05 Å². The molecule has 0 aliphatic carbocycles. The van der Waals surface area contributed by atoms with Crippen LogP contribution in [0.5, 0.6) is 0 Å². The van der Waals surface area contributed by atoms with Crippen LogP contribution < -0.4 is 16.4 Å². The highest BCUT2D eigenvalue weighted by Gasteiger charge is 2.18. The van der Waals surface area contributed by atoms with Crippen LogP contribution in [0.4, 0.5) is 10.9 Å². The van der Waals surface area contributed by atoms with Gasteiger partial charge in [0.05, 0.1) is 0 Å². The fourth-order valence-electron chi connectivity index (χ4n) is 2.27. The quantitative estimate of drug-likeness (QED) is 0.750. The number of hydrogen-bond donors (Lipinski definition) is 3. The van der Waals surface area contributed by atoms with Crippen LogP contribution in [0.15, 0.2) is 0 Å². The lowest BCUT2D eigenvalue weighted by Gasteiger charge is -2.26. The third-order valence-electron chi connectivity index (χ3n) is 3.41. The molecule has 1 saturated heterocycles. The molecule has 2 rings (SSSR count). The molecule has 1 fully saturated rings. The van der Waals surface area contributed by atoms with Crippen LogP contribution in [0.3, 0.4) is 0 Å². The van der Waals surface area contributed by atoms with E-state index in [0.29, 0.717) is 23.0 Å². The van der Waals surface area contributed by atoms with E-state index in [-0.39, 0.29) is 17.6 Å². The molecule has 2 amide bonds. The summed E-state index contributed by atoms with van der Waals surface area (Å²) in [7, 11) is 1.72. The lowest BCUT2D eigenvalue weighted by atomic mass is 10.1. The second-order valence-electron chi connectivity index (χ2n) is 4.93. The molecular weight excluding hydrogens is 290 g/mol. The maximum Gasteiger partial charge on any atom is 0.265 e. The van der Waals surface area contributed by atoms with E-state index in [0.717, 1.165) is 25.9 Å². The van der Waals surface area contributed by atoms with Crippen molar-refractivity contribution in [3.63, 3.8) is 0 Å². The van der Waals surface area contributed by atoms with Gasteiger partial charge in [-0.3, -0.25) is 9.59 Å². The average molecular weight is 311 g/mol. The molecule has 8 heteroatoms. The molecule has 1 aromatic heterocycles. The van der Waals surface area contributed by atoms with Crippen LogP contribution in [0.2, 0.25) is 0 Å². The third-order valence-corrected chi connectivity index (χ3v) is 4.49. The fourth-order valence-corrected chi connectivity index (χ4v) is 3.02. The van der Waals surface area contributed by atoms with Crippen LogP contribution in [-0.4, -0.2) is 48.4 Å². The van der Waals surface area contributed by atoms with Gasteiger partial charge < -0.3 is 21.3 Å². The summed E-state index contributed by atoms with van der Waals surface area (Å²) >= 11 is 1.20. The van der Waals surface area contributed by atoms with Crippen LogP contribution >= 0.6 is 11.3 Å². The zero-order valence-corrected chi connectivity index (χ0v) is 13.0. The van der Waals surface area contributed by atoms with Gasteiger partial charge in [0.25, 0.3) is 5.91 Å². The molecule has 0 saturated carbocycles. The van der Waals surface area contributed by atoms with Gasteiger partial charge in [-0.1, -0.05) is 11.3 Å². The Bertz CT molecular complexity index is 511. The van der Waals surface area contributed by atoms with E-state index < -0.39 is 0 Å². The van der Waals surface area contributed by atoms with Crippen molar-refractivity contribution in [1.82, 2.24) is 15.2 Å². The van der Waals surface area contributed by atoms with E-state index in [9.17, 15) is 9.59 Å². The number of carbonyl (C=O) groups is 2. The Balaban J connectivity index is 1.78. The molecule has 0 spiro atoms. The average Bonchev–Trinajstić information content (AvgIpc) is 2.89. The van der Waals surface area contributed by atoms with Crippen molar-refractivity contribution in [1.29, 1.82) is 0 Å². The number of amides is 2. The number of carbonyl (C=O) groups excluding carboxylic acids is 2. The number of rotatable bonds is 5. The summed E-state index contributed by atoms with van der Waals surface area (Å²) < 4.78 is 0. The Hall–Kier alpha value is -1.83. The molecule has 0 aromatic carbocycles. The Labute approximate surface area is 127 Å². The molecule has 2 heterocycles. The molecule has 0 radical (unpaired) electrons. The molecule has 0 bridgehead atoms. The van der Waals surface area contributed by atoms with Crippen LogP contribution in [0.1, 0.15) is 35.4 Å². The van der Waals surface area contributed by atoms with Gasteiger partial charge in [-0.25, -0.2) is 4.98 Å². The number of piperidine rings is 1. The molecule has 7 nitrogen and oxygen atoms in total.